The SMILES string of the molecule is O=[N+]([O-])c1ccccc1CCn1cc(O)cn1. The number of rotatable bonds is 4. The van der Waals surface area contributed by atoms with E-state index in [1.165, 1.54) is 18.5 Å². The van der Waals surface area contributed by atoms with E-state index in [4.69, 9.17) is 5.11 Å². The molecule has 0 saturated heterocycles. The first-order valence-corrected chi connectivity index (χ1v) is 5.10. The Kier molecular flexibility index (Phi) is 3.04. The molecule has 6 heteroatoms. The number of nitro benzene ring substituents is 1. The highest BCUT2D eigenvalue weighted by Gasteiger charge is 2.11. The highest BCUT2D eigenvalue weighted by molar-refractivity contribution is 5.39. The van der Waals surface area contributed by atoms with Crippen LogP contribution in [0.3, 0.4) is 0 Å². The van der Waals surface area contributed by atoms with E-state index in [-0.39, 0.29) is 11.4 Å². The molecule has 0 atom stereocenters. The van der Waals surface area contributed by atoms with Crippen LogP contribution in [0.25, 0.3) is 0 Å². The number of aromatic nitrogens is 2. The van der Waals surface area contributed by atoms with Crippen LogP contribution in [0.4, 0.5) is 5.69 Å². The van der Waals surface area contributed by atoms with Crippen LogP contribution in [-0.4, -0.2) is 19.8 Å². The number of aromatic hydroxyl groups is 1. The molecule has 0 radical (unpaired) electrons. The maximum absolute atomic E-state index is 10.8. The van der Waals surface area contributed by atoms with Crippen LogP contribution >= 0.6 is 0 Å². The van der Waals surface area contributed by atoms with Gasteiger partial charge >= 0.3 is 0 Å². The molecule has 0 saturated carbocycles. The summed E-state index contributed by atoms with van der Waals surface area (Å²) in [5.74, 6) is 0.0903. The molecule has 0 aliphatic carbocycles. The average Bonchev–Trinajstić information content (AvgIpc) is 2.73. The number of nitro groups is 1. The fourth-order valence-electron chi connectivity index (χ4n) is 1.61. The largest absolute Gasteiger partial charge is 0.505 e. The molecule has 0 aliphatic heterocycles. The molecule has 0 bridgehead atoms. The first-order valence-electron chi connectivity index (χ1n) is 5.10. The van der Waals surface area contributed by atoms with Crippen LogP contribution in [-0.2, 0) is 13.0 Å². The number of nitrogens with zero attached hydrogens (tertiary/aromatic N) is 3. The fraction of sp³-hybridized carbons (Fsp3) is 0.182. The van der Waals surface area contributed by atoms with E-state index in [1.807, 2.05) is 0 Å². The molecule has 1 N–H and O–H groups in total. The van der Waals surface area contributed by atoms with Gasteiger partial charge in [-0.25, -0.2) is 0 Å². The average molecular weight is 233 g/mol. The van der Waals surface area contributed by atoms with Gasteiger partial charge in [0.1, 0.15) is 0 Å². The standard InChI is InChI=1S/C11H11N3O3/c15-10-7-12-13(8-10)6-5-9-3-1-2-4-11(9)14(16)17/h1-4,7-8,15H,5-6H2. The molecule has 17 heavy (non-hydrogen) atoms. The van der Waals surface area contributed by atoms with Gasteiger partial charge in [-0.15, -0.1) is 0 Å². The zero-order valence-electron chi connectivity index (χ0n) is 8.98. The molecule has 1 aromatic heterocycles. The second-order valence-corrected chi connectivity index (χ2v) is 3.60. The minimum atomic E-state index is -0.393. The molecule has 2 rings (SSSR count). The Balaban J connectivity index is 2.11. The van der Waals surface area contributed by atoms with Crippen molar-refractivity contribution >= 4 is 5.69 Å². The zero-order chi connectivity index (χ0) is 12.3. The predicted molar refractivity (Wildman–Crippen MR) is 60.7 cm³/mol. The van der Waals surface area contributed by atoms with Gasteiger partial charge in [0.2, 0.25) is 0 Å². The van der Waals surface area contributed by atoms with Gasteiger partial charge in [0.15, 0.2) is 5.75 Å². The fourth-order valence-corrected chi connectivity index (χ4v) is 1.61. The number of para-hydroxylation sites is 1. The topological polar surface area (TPSA) is 81.2 Å². The lowest BCUT2D eigenvalue weighted by Gasteiger charge is -2.02. The number of hydrogen-bond donors (Lipinski definition) is 1. The lowest BCUT2D eigenvalue weighted by molar-refractivity contribution is -0.385. The second-order valence-electron chi connectivity index (χ2n) is 3.60. The third-order valence-electron chi connectivity index (χ3n) is 2.42. The summed E-state index contributed by atoms with van der Waals surface area (Å²) in [6.45, 7) is 0.491. The third kappa shape index (κ3) is 2.60. The van der Waals surface area contributed by atoms with E-state index >= 15 is 0 Å². The maximum Gasteiger partial charge on any atom is 0.272 e. The van der Waals surface area contributed by atoms with Crippen molar-refractivity contribution in [2.24, 2.45) is 0 Å². The molecule has 1 heterocycles. The highest BCUT2D eigenvalue weighted by Crippen LogP contribution is 2.18. The van der Waals surface area contributed by atoms with Gasteiger partial charge < -0.3 is 5.11 Å². The zero-order valence-corrected chi connectivity index (χ0v) is 8.98. The van der Waals surface area contributed by atoms with E-state index in [2.05, 4.69) is 5.10 Å². The first-order chi connectivity index (χ1) is 8.16. The summed E-state index contributed by atoms with van der Waals surface area (Å²) in [6.07, 6.45) is 3.31. The number of aryl methyl sites for hydroxylation is 2. The van der Waals surface area contributed by atoms with Crippen molar-refractivity contribution in [2.75, 3.05) is 0 Å². The summed E-state index contributed by atoms with van der Waals surface area (Å²) in [6, 6.07) is 6.61. The van der Waals surface area contributed by atoms with Gasteiger partial charge in [-0.3, -0.25) is 14.8 Å². The normalized spacial score (nSPS) is 10.4. The van der Waals surface area contributed by atoms with Gasteiger partial charge in [0.25, 0.3) is 5.69 Å². The lowest BCUT2D eigenvalue weighted by Crippen LogP contribution is -2.03. The maximum atomic E-state index is 10.8. The van der Waals surface area contributed by atoms with Crippen molar-refractivity contribution in [3.8, 4) is 5.75 Å². The van der Waals surface area contributed by atoms with E-state index < -0.39 is 4.92 Å². The summed E-state index contributed by atoms with van der Waals surface area (Å²) in [7, 11) is 0. The first kappa shape index (κ1) is 11.1. The van der Waals surface area contributed by atoms with Crippen molar-refractivity contribution in [1.29, 1.82) is 0 Å². The molecule has 2 aromatic rings. The smallest absolute Gasteiger partial charge is 0.272 e. The van der Waals surface area contributed by atoms with Crippen molar-refractivity contribution in [1.82, 2.24) is 9.78 Å². The third-order valence-corrected chi connectivity index (χ3v) is 2.42. The van der Waals surface area contributed by atoms with E-state index in [9.17, 15) is 10.1 Å². The Morgan fingerprint density at radius 2 is 2.18 bits per heavy atom. The molecule has 0 amide bonds. The van der Waals surface area contributed by atoms with Crippen molar-refractivity contribution < 1.29 is 10.0 Å². The summed E-state index contributed by atoms with van der Waals surface area (Å²) in [4.78, 5) is 10.4. The Bertz CT molecular complexity index is 536. The Labute approximate surface area is 97.3 Å². The quantitative estimate of drug-likeness (QED) is 0.644. The highest BCUT2D eigenvalue weighted by atomic mass is 16.6. The van der Waals surface area contributed by atoms with Crippen molar-refractivity contribution in [3.05, 3.63) is 52.3 Å². The van der Waals surface area contributed by atoms with Crippen molar-refractivity contribution in [3.63, 3.8) is 0 Å². The van der Waals surface area contributed by atoms with E-state index in [1.54, 1.807) is 22.9 Å². The molecule has 0 unspecified atom stereocenters. The minimum absolute atomic E-state index is 0.0903. The monoisotopic (exact) mass is 233 g/mol. The van der Waals surface area contributed by atoms with Gasteiger partial charge in [0.05, 0.1) is 17.3 Å². The molecule has 0 spiro atoms. The van der Waals surface area contributed by atoms with Gasteiger partial charge in [-0.2, -0.15) is 5.10 Å². The van der Waals surface area contributed by atoms with Crippen LogP contribution in [0.5, 0.6) is 5.75 Å². The number of hydrogen-bond acceptors (Lipinski definition) is 4. The molecule has 6 nitrogen and oxygen atoms in total. The summed E-state index contributed by atoms with van der Waals surface area (Å²) in [5.41, 5.74) is 0.774. The van der Waals surface area contributed by atoms with Gasteiger partial charge in [-0.05, 0) is 6.42 Å². The molecular formula is C11H11N3O3. The van der Waals surface area contributed by atoms with Crippen LogP contribution < -0.4 is 0 Å². The molecule has 0 fully saturated rings. The summed E-state index contributed by atoms with van der Waals surface area (Å²) in [5, 5.41) is 23.8. The van der Waals surface area contributed by atoms with E-state index in [0.29, 0.717) is 18.5 Å². The summed E-state index contributed by atoms with van der Waals surface area (Å²) >= 11 is 0. The van der Waals surface area contributed by atoms with E-state index in [0.717, 1.165) is 0 Å². The van der Waals surface area contributed by atoms with Crippen molar-refractivity contribution in [2.45, 2.75) is 13.0 Å². The number of benzene rings is 1. The molecule has 0 aliphatic rings. The van der Waals surface area contributed by atoms with Crippen LogP contribution in [0.15, 0.2) is 36.7 Å². The van der Waals surface area contributed by atoms with Gasteiger partial charge in [-0.1, -0.05) is 18.2 Å². The predicted octanol–water partition coefficient (Wildman–Crippen LogP) is 1.74. The Morgan fingerprint density at radius 1 is 1.41 bits per heavy atom. The second kappa shape index (κ2) is 4.65. The Hall–Kier alpha value is -2.37. The Morgan fingerprint density at radius 3 is 2.82 bits per heavy atom. The molecule has 88 valence electrons. The van der Waals surface area contributed by atoms with Gasteiger partial charge in [0, 0.05) is 18.2 Å². The lowest BCUT2D eigenvalue weighted by atomic mass is 10.1. The molecular weight excluding hydrogens is 222 g/mol. The van der Waals surface area contributed by atoms with Crippen LogP contribution in [0, 0.1) is 10.1 Å². The molecule has 1 aromatic carbocycles. The van der Waals surface area contributed by atoms with Crippen LogP contribution in [0.1, 0.15) is 5.56 Å². The minimum Gasteiger partial charge on any atom is -0.505 e. The summed E-state index contributed by atoms with van der Waals surface area (Å²) < 4.78 is 1.55. The van der Waals surface area contributed by atoms with Crippen LogP contribution in [0.2, 0.25) is 0 Å².